The van der Waals surface area contributed by atoms with Crippen LogP contribution in [-0.4, -0.2) is 95.8 Å². The van der Waals surface area contributed by atoms with E-state index in [1.807, 2.05) is 0 Å². The molecule has 1 aromatic carbocycles. The number of carboxylic acid groups (broad SMARTS) is 1. The van der Waals surface area contributed by atoms with E-state index < -0.39 is 78.6 Å². The SMILES string of the molecule is CC(C)[C@H]1C(=O)NC(CCCNC(=N)N)C(=O)NCC(=O)NC(CC(=O)O)C(=O)N[C@@H](Cc2ccccc2)C(=O)N1C. The smallest absolute Gasteiger partial charge is 0.305 e. The minimum absolute atomic E-state index is 0.0295. The lowest BCUT2D eigenvalue weighted by atomic mass is 9.98. The van der Waals surface area contributed by atoms with Crippen LogP contribution in [0.4, 0.5) is 0 Å². The molecule has 4 atom stereocenters. The van der Waals surface area contributed by atoms with Gasteiger partial charge in [0.25, 0.3) is 0 Å². The first kappa shape index (κ1) is 33.5. The minimum atomic E-state index is -1.54. The number of carbonyl (C=O) groups excluding carboxylic acids is 5. The molecular weight excluding hydrogens is 548 g/mol. The summed E-state index contributed by atoms with van der Waals surface area (Å²) in [6.45, 7) is 3.10. The molecule has 2 unspecified atom stereocenters. The van der Waals surface area contributed by atoms with Gasteiger partial charge in [0.05, 0.1) is 13.0 Å². The van der Waals surface area contributed by atoms with Gasteiger partial charge in [-0.05, 0) is 24.3 Å². The lowest BCUT2D eigenvalue weighted by Crippen LogP contribution is -2.59. The summed E-state index contributed by atoms with van der Waals surface area (Å²) in [4.78, 5) is 78.9. The zero-order valence-corrected chi connectivity index (χ0v) is 23.9. The number of carbonyl (C=O) groups is 6. The fourth-order valence-electron chi connectivity index (χ4n) is 4.61. The van der Waals surface area contributed by atoms with Crippen LogP contribution in [0.2, 0.25) is 0 Å². The Balaban J connectivity index is 2.48. The topological polar surface area (TPSA) is 236 Å². The van der Waals surface area contributed by atoms with E-state index in [4.69, 9.17) is 11.1 Å². The normalized spacial score (nSPS) is 22.7. The summed E-state index contributed by atoms with van der Waals surface area (Å²) in [5, 5.41) is 29.2. The summed E-state index contributed by atoms with van der Waals surface area (Å²) in [6.07, 6.45) is -0.306. The molecule has 0 aromatic heterocycles. The van der Waals surface area contributed by atoms with Gasteiger partial charge in [-0.2, -0.15) is 0 Å². The van der Waals surface area contributed by atoms with Crippen LogP contribution in [0.5, 0.6) is 0 Å². The van der Waals surface area contributed by atoms with Crippen LogP contribution in [0.25, 0.3) is 0 Å². The molecule has 1 heterocycles. The van der Waals surface area contributed by atoms with Crippen molar-refractivity contribution in [2.45, 2.75) is 63.7 Å². The second kappa shape index (κ2) is 15.9. The van der Waals surface area contributed by atoms with E-state index >= 15 is 0 Å². The largest absolute Gasteiger partial charge is 0.481 e. The van der Waals surface area contributed by atoms with Crippen LogP contribution in [0.3, 0.4) is 0 Å². The van der Waals surface area contributed by atoms with Crippen molar-refractivity contribution in [1.29, 1.82) is 5.41 Å². The van der Waals surface area contributed by atoms with Gasteiger partial charge in [-0.1, -0.05) is 44.2 Å². The molecule has 1 aliphatic heterocycles. The number of nitrogens with two attached hydrogens (primary N) is 1. The molecule has 15 heteroatoms. The summed E-state index contributed by atoms with van der Waals surface area (Å²) in [6, 6.07) is 3.90. The second-order valence-electron chi connectivity index (χ2n) is 10.4. The molecule has 0 bridgehead atoms. The number of benzene rings is 1. The van der Waals surface area contributed by atoms with Crippen LogP contribution < -0.4 is 32.3 Å². The summed E-state index contributed by atoms with van der Waals surface area (Å²) < 4.78 is 0. The third kappa shape index (κ3) is 10.4. The molecule has 0 aliphatic carbocycles. The average Bonchev–Trinajstić information content (AvgIpc) is 2.91. The van der Waals surface area contributed by atoms with Crippen molar-refractivity contribution in [3.63, 3.8) is 0 Å². The highest BCUT2D eigenvalue weighted by atomic mass is 16.4. The molecule has 2 rings (SSSR count). The van der Waals surface area contributed by atoms with Crippen molar-refractivity contribution >= 4 is 41.5 Å². The molecule has 1 aromatic rings. The Kier molecular flexibility index (Phi) is 12.7. The van der Waals surface area contributed by atoms with Crippen molar-refractivity contribution in [3.05, 3.63) is 35.9 Å². The molecule has 9 N–H and O–H groups in total. The molecule has 42 heavy (non-hydrogen) atoms. The Morgan fingerprint density at radius 3 is 2.26 bits per heavy atom. The monoisotopic (exact) mass is 588 g/mol. The van der Waals surface area contributed by atoms with E-state index in [-0.39, 0.29) is 25.3 Å². The van der Waals surface area contributed by atoms with Gasteiger partial charge in [0, 0.05) is 20.0 Å². The highest BCUT2D eigenvalue weighted by molar-refractivity contribution is 5.98. The van der Waals surface area contributed by atoms with Gasteiger partial charge in [-0.15, -0.1) is 0 Å². The maximum absolute atomic E-state index is 13.8. The van der Waals surface area contributed by atoms with Crippen molar-refractivity contribution < 1.29 is 33.9 Å². The number of nitrogens with one attached hydrogen (secondary N) is 6. The molecule has 0 saturated carbocycles. The minimum Gasteiger partial charge on any atom is -0.481 e. The quantitative estimate of drug-likeness (QED) is 0.0906. The fraction of sp³-hybridized carbons (Fsp3) is 0.519. The third-order valence-corrected chi connectivity index (χ3v) is 6.63. The number of likely N-dealkylation sites (N-methyl/N-ethyl adjacent to an activating group) is 1. The Labute approximate surface area is 243 Å². The maximum atomic E-state index is 13.8. The number of amides is 5. The number of carboxylic acids is 1. The zero-order valence-electron chi connectivity index (χ0n) is 23.9. The highest BCUT2D eigenvalue weighted by Crippen LogP contribution is 2.15. The number of guanidine groups is 1. The Morgan fingerprint density at radius 2 is 1.67 bits per heavy atom. The molecule has 1 saturated heterocycles. The van der Waals surface area contributed by atoms with E-state index in [1.54, 1.807) is 44.2 Å². The van der Waals surface area contributed by atoms with Crippen molar-refractivity contribution in [3.8, 4) is 0 Å². The Hall–Kier alpha value is -4.69. The van der Waals surface area contributed by atoms with Gasteiger partial charge in [-0.3, -0.25) is 34.2 Å². The van der Waals surface area contributed by atoms with Crippen molar-refractivity contribution in [2.24, 2.45) is 11.7 Å². The number of aliphatic carboxylic acids is 1. The summed E-state index contributed by atoms with van der Waals surface area (Å²) >= 11 is 0. The molecule has 0 radical (unpaired) electrons. The predicted octanol–water partition coefficient (Wildman–Crippen LogP) is -1.97. The van der Waals surface area contributed by atoms with Crippen LogP contribution in [0.1, 0.15) is 38.7 Å². The van der Waals surface area contributed by atoms with Gasteiger partial charge in [-0.25, -0.2) is 0 Å². The number of hydrogen-bond acceptors (Lipinski definition) is 7. The molecule has 5 amide bonds. The highest BCUT2D eigenvalue weighted by Gasteiger charge is 2.37. The Bertz CT molecular complexity index is 1160. The lowest BCUT2D eigenvalue weighted by molar-refractivity contribution is -0.144. The molecular formula is C27H40N8O7. The fourth-order valence-corrected chi connectivity index (χ4v) is 4.61. The zero-order chi connectivity index (χ0) is 31.4. The van der Waals surface area contributed by atoms with E-state index in [9.17, 15) is 33.9 Å². The molecule has 0 spiro atoms. The van der Waals surface area contributed by atoms with Gasteiger partial charge < -0.3 is 42.3 Å². The van der Waals surface area contributed by atoms with Crippen LogP contribution in [0, 0.1) is 11.3 Å². The summed E-state index contributed by atoms with van der Waals surface area (Å²) in [7, 11) is 1.41. The van der Waals surface area contributed by atoms with Gasteiger partial charge >= 0.3 is 5.97 Å². The molecule has 1 fully saturated rings. The first-order valence-electron chi connectivity index (χ1n) is 13.6. The van der Waals surface area contributed by atoms with Gasteiger partial charge in [0.2, 0.25) is 29.5 Å². The molecule has 15 nitrogen and oxygen atoms in total. The standard InChI is InChI=1S/C27H40N8O7/c1-15(2)22-25(41)33-17(10-7-11-30-27(28)29)23(39)31-14-20(36)32-18(13-21(37)38)24(40)34-19(26(42)35(22)3)12-16-8-5-4-6-9-16/h4-6,8-9,15,17-19,22H,7,10-14H2,1-3H3,(H,31,39)(H,32,36)(H,33,41)(H,34,40)(H,37,38)(H4,28,29,30)/t17?,18?,19-,22-/m0/s1. The number of hydrogen-bond donors (Lipinski definition) is 8. The summed E-state index contributed by atoms with van der Waals surface area (Å²) in [5.41, 5.74) is 5.99. The van der Waals surface area contributed by atoms with E-state index in [0.717, 1.165) is 0 Å². The molecule has 230 valence electrons. The first-order valence-corrected chi connectivity index (χ1v) is 13.6. The summed E-state index contributed by atoms with van der Waals surface area (Å²) in [5.74, 6) is -5.72. The Morgan fingerprint density at radius 1 is 1.02 bits per heavy atom. The van der Waals surface area contributed by atoms with Gasteiger partial charge in [0.15, 0.2) is 5.96 Å². The van der Waals surface area contributed by atoms with E-state index in [0.29, 0.717) is 12.0 Å². The lowest BCUT2D eigenvalue weighted by Gasteiger charge is -2.34. The maximum Gasteiger partial charge on any atom is 0.305 e. The average molecular weight is 589 g/mol. The third-order valence-electron chi connectivity index (χ3n) is 6.63. The second-order valence-corrected chi connectivity index (χ2v) is 10.4. The number of nitrogens with zero attached hydrogens (tertiary/aromatic N) is 1. The number of rotatable bonds is 9. The van der Waals surface area contributed by atoms with Gasteiger partial charge in [0.1, 0.15) is 24.2 Å². The van der Waals surface area contributed by atoms with Crippen LogP contribution >= 0.6 is 0 Å². The predicted molar refractivity (Wildman–Crippen MR) is 152 cm³/mol. The van der Waals surface area contributed by atoms with E-state index in [1.165, 1.54) is 11.9 Å². The van der Waals surface area contributed by atoms with Crippen molar-refractivity contribution in [1.82, 2.24) is 31.5 Å². The van der Waals surface area contributed by atoms with E-state index in [2.05, 4.69) is 26.6 Å². The van der Waals surface area contributed by atoms with Crippen LogP contribution in [-0.2, 0) is 35.2 Å². The first-order chi connectivity index (χ1) is 19.8. The van der Waals surface area contributed by atoms with Crippen molar-refractivity contribution in [2.75, 3.05) is 20.1 Å². The molecule has 1 aliphatic rings. The van der Waals surface area contributed by atoms with Crippen LogP contribution in [0.15, 0.2) is 30.3 Å².